The summed E-state index contributed by atoms with van der Waals surface area (Å²) in [7, 11) is 0. The van der Waals surface area contributed by atoms with Crippen LogP contribution in [0.1, 0.15) is 12.8 Å². The van der Waals surface area contributed by atoms with Crippen LogP contribution in [-0.4, -0.2) is 5.38 Å². The van der Waals surface area contributed by atoms with Gasteiger partial charge in [-0.3, -0.25) is 0 Å². The van der Waals surface area contributed by atoms with Crippen LogP contribution in [0.25, 0.3) is 0 Å². The molecule has 0 bridgehead atoms. The van der Waals surface area contributed by atoms with Gasteiger partial charge in [-0.2, -0.15) is 0 Å². The van der Waals surface area contributed by atoms with Gasteiger partial charge in [0, 0.05) is 5.03 Å². The van der Waals surface area contributed by atoms with Crippen molar-refractivity contribution in [1.29, 1.82) is 0 Å². The standard InChI is InChI=1S/C5H5Cl3/c6-3-1-2-4(7)5(3)8/h3H,1-2H2. The van der Waals surface area contributed by atoms with Crippen LogP contribution in [0.3, 0.4) is 0 Å². The summed E-state index contributed by atoms with van der Waals surface area (Å²) in [6.07, 6.45) is 1.73. The smallest absolute Gasteiger partial charge is 0.0707 e. The molecule has 0 saturated heterocycles. The first kappa shape index (κ1) is 6.73. The molecule has 0 nitrogen and oxygen atoms in total. The minimum atomic E-state index is -0.0239. The van der Waals surface area contributed by atoms with Gasteiger partial charge in [0.05, 0.1) is 10.4 Å². The summed E-state index contributed by atoms with van der Waals surface area (Å²) in [6.45, 7) is 0. The van der Waals surface area contributed by atoms with E-state index in [4.69, 9.17) is 34.8 Å². The van der Waals surface area contributed by atoms with Crippen molar-refractivity contribution >= 4 is 34.8 Å². The average Bonchev–Trinajstić information content (AvgIpc) is 1.98. The molecule has 0 heterocycles. The Labute approximate surface area is 63.4 Å². The van der Waals surface area contributed by atoms with E-state index in [1.54, 1.807) is 0 Å². The van der Waals surface area contributed by atoms with E-state index in [9.17, 15) is 0 Å². The van der Waals surface area contributed by atoms with Crippen LogP contribution in [0.2, 0.25) is 0 Å². The van der Waals surface area contributed by atoms with Crippen LogP contribution in [0.15, 0.2) is 10.1 Å². The van der Waals surface area contributed by atoms with Crippen molar-refractivity contribution < 1.29 is 0 Å². The zero-order valence-electron chi connectivity index (χ0n) is 4.13. The van der Waals surface area contributed by atoms with Crippen molar-refractivity contribution in [2.75, 3.05) is 0 Å². The predicted molar refractivity (Wildman–Crippen MR) is 37.6 cm³/mol. The van der Waals surface area contributed by atoms with Crippen LogP contribution in [-0.2, 0) is 0 Å². The molecule has 0 amide bonds. The second-order valence-electron chi connectivity index (χ2n) is 1.76. The van der Waals surface area contributed by atoms with Crippen molar-refractivity contribution in [3.63, 3.8) is 0 Å². The molecule has 0 aromatic heterocycles. The van der Waals surface area contributed by atoms with Gasteiger partial charge in [-0.05, 0) is 12.8 Å². The minimum Gasteiger partial charge on any atom is -0.117 e. The van der Waals surface area contributed by atoms with Gasteiger partial charge in [-0.25, -0.2) is 0 Å². The Morgan fingerprint density at radius 3 is 2.12 bits per heavy atom. The third kappa shape index (κ3) is 1.12. The lowest BCUT2D eigenvalue weighted by atomic mass is 10.4. The summed E-state index contributed by atoms with van der Waals surface area (Å²) in [5.74, 6) is 0. The van der Waals surface area contributed by atoms with Crippen LogP contribution < -0.4 is 0 Å². The van der Waals surface area contributed by atoms with Crippen molar-refractivity contribution in [2.45, 2.75) is 18.2 Å². The molecule has 1 rings (SSSR count). The monoisotopic (exact) mass is 170 g/mol. The molecule has 0 aromatic rings. The van der Waals surface area contributed by atoms with Gasteiger partial charge in [0.1, 0.15) is 0 Å². The first-order chi connectivity index (χ1) is 3.72. The van der Waals surface area contributed by atoms with Crippen molar-refractivity contribution in [1.82, 2.24) is 0 Å². The van der Waals surface area contributed by atoms with Gasteiger partial charge in [-0.15, -0.1) is 11.6 Å². The Morgan fingerprint density at radius 1 is 1.38 bits per heavy atom. The van der Waals surface area contributed by atoms with Gasteiger partial charge >= 0.3 is 0 Å². The number of hydrogen-bond donors (Lipinski definition) is 0. The Balaban J connectivity index is 2.71. The summed E-state index contributed by atoms with van der Waals surface area (Å²) < 4.78 is 0. The highest BCUT2D eigenvalue weighted by molar-refractivity contribution is 6.44. The van der Waals surface area contributed by atoms with Gasteiger partial charge in [-0.1, -0.05) is 23.2 Å². The molecule has 1 atom stereocenters. The quantitative estimate of drug-likeness (QED) is 0.492. The van der Waals surface area contributed by atoms with Crippen LogP contribution >= 0.6 is 34.8 Å². The van der Waals surface area contributed by atoms with Crippen molar-refractivity contribution in [2.24, 2.45) is 0 Å². The summed E-state index contributed by atoms with van der Waals surface area (Å²) in [5, 5.41) is 1.34. The van der Waals surface area contributed by atoms with E-state index in [2.05, 4.69) is 0 Å². The second kappa shape index (κ2) is 2.47. The molecule has 0 spiro atoms. The number of rotatable bonds is 0. The highest BCUT2D eigenvalue weighted by atomic mass is 35.5. The number of halogens is 3. The maximum Gasteiger partial charge on any atom is 0.0707 e. The molecule has 0 saturated carbocycles. The molecule has 1 unspecified atom stereocenters. The van der Waals surface area contributed by atoms with E-state index in [1.807, 2.05) is 0 Å². The maximum atomic E-state index is 5.68. The Kier molecular flexibility index (Phi) is 2.07. The van der Waals surface area contributed by atoms with E-state index < -0.39 is 0 Å². The molecule has 46 valence electrons. The van der Waals surface area contributed by atoms with E-state index in [0.717, 1.165) is 17.9 Å². The minimum absolute atomic E-state index is 0.0239. The summed E-state index contributed by atoms with van der Waals surface area (Å²) >= 11 is 16.9. The fourth-order valence-electron chi connectivity index (χ4n) is 0.670. The summed E-state index contributed by atoms with van der Waals surface area (Å²) in [6, 6.07) is 0. The highest BCUT2D eigenvalue weighted by Gasteiger charge is 2.19. The van der Waals surface area contributed by atoms with Crippen LogP contribution in [0, 0.1) is 0 Å². The molecule has 0 N–H and O–H groups in total. The number of allylic oxidation sites excluding steroid dienone is 2. The first-order valence-corrected chi connectivity index (χ1v) is 3.59. The third-order valence-corrected chi connectivity index (χ3v) is 2.68. The lowest BCUT2D eigenvalue weighted by molar-refractivity contribution is 0.925. The molecule has 1 aliphatic rings. The van der Waals surface area contributed by atoms with E-state index in [0.29, 0.717) is 5.03 Å². The predicted octanol–water partition coefficient (Wildman–Crippen LogP) is 3.08. The molecule has 0 aliphatic heterocycles. The van der Waals surface area contributed by atoms with Gasteiger partial charge in [0.2, 0.25) is 0 Å². The lowest BCUT2D eigenvalue weighted by Crippen LogP contribution is -1.88. The summed E-state index contributed by atoms with van der Waals surface area (Å²) in [4.78, 5) is 0. The number of alkyl halides is 1. The van der Waals surface area contributed by atoms with E-state index in [1.165, 1.54) is 0 Å². The van der Waals surface area contributed by atoms with E-state index in [-0.39, 0.29) is 5.38 Å². The molecular formula is C5H5Cl3. The molecule has 8 heavy (non-hydrogen) atoms. The molecule has 0 fully saturated rings. The molecule has 0 radical (unpaired) electrons. The fraction of sp³-hybridized carbons (Fsp3) is 0.600. The Bertz CT molecular complexity index is 128. The molecule has 0 aromatic carbocycles. The molecular weight excluding hydrogens is 166 g/mol. The van der Waals surface area contributed by atoms with Crippen LogP contribution in [0.5, 0.6) is 0 Å². The molecule has 3 heteroatoms. The van der Waals surface area contributed by atoms with Gasteiger partial charge in [0.15, 0.2) is 0 Å². The van der Waals surface area contributed by atoms with E-state index >= 15 is 0 Å². The third-order valence-electron chi connectivity index (χ3n) is 1.15. The van der Waals surface area contributed by atoms with Crippen LogP contribution in [0.4, 0.5) is 0 Å². The molecule has 1 aliphatic carbocycles. The second-order valence-corrected chi connectivity index (χ2v) is 3.15. The van der Waals surface area contributed by atoms with Gasteiger partial charge in [0.25, 0.3) is 0 Å². The zero-order chi connectivity index (χ0) is 6.15. The van der Waals surface area contributed by atoms with Crippen molar-refractivity contribution in [3.05, 3.63) is 10.1 Å². The number of hydrogen-bond acceptors (Lipinski definition) is 0. The van der Waals surface area contributed by atoms with Gasteiger partial charge < -0.3 is 0 Å². The lowest BCUT2D eigenvalue weighted by Gasteiger charge is -1.93. The Morgan fingerprint density at radius 2 is 2.00 bits per heavy atom. The maximum absolute atomic E-state index is 5.68. The van der Waals surface area contributed by atoms with Crippen molar-refractivity contribution in [3.8, 4) is 0 Å². The average molecular weight is 171 g/mol. The Hall–Kier alpha value is 0.610. The fourth-order valence-corrected chi connectivity index (χ4v) is 1.41. The largest absolute Gasteiger partial charge is 0.117 e. The highest BCUT2D eigenvalue weighted by Crippen LogP contribution is 2.34. The summed E-state index contributed by atoms with van der Waals surface area (Å²) in [5.41, 5.74) is 0. The SMILES string of the molecule is ClC1=C(Cl)C(Cl)CC1. The first-order valence-electron chi connectivity index (χ1n) is 2.40. The zero-order valence-corrected chi connectivity index (χ0v) is 6.39. The topological polar surface area (TPSA) is 0 Å². The normalized spacial score (nSPS) is 29.6.